The van der Waals surface area contributed by atoms with E-state index in [1.807, 2.05) is 29.2 Å². The molecule has 2 amide bonds. The lowest BCUT2D eigenvalue weighted by atomic mass is 9.88. The van der Waals surface area contributed by atoms with E-state index >= 15 is 0 Å². The van der Waals surface area contributed by atoms with Crippen molar-refractivity contribution in [2.24, 2.45) is 0 Å². The van der Waals surface area contributed by atoms with E-state index in [4.69, 9.17) is 11.6 Å². The normalized spacial score (nSPS) is 15.8. The molecule has 1 saturated heterocycles. The van der Waals surface area contributed by atoms with Gasteiger partial charge >= 0.3 is 0 Å². The molecule has 148 valence electrons. The van der Waals surface area contributed by atoms with Gasteiger partial charge in [0.2, 0.25) is 11.8 Å². The molecule has 3 rings (SSSR count). The van der Waals surface area contributed by atoms with Crippen LogP contribution in [-0.2, 0) is 9.59 Å². The fraction of sp³-hybridized carbons (Fsp3) is 0.364. The summed E-state index contributed by atoms with van der Waals surface area (Å²) in [6.07, 6.45) is 1.06. The standard InChI is InChI=1S/C22H25ClN2O3/c1-16(26)24-9-4-10-25(12-11-24)22(28)15-21(17-5-2-7-19(23)13-17)18-6-3-8-20(27)14-18/h2-3,5-8,13-14,21,27H,4,9-12,15H2,1H3. The van der Waals surface area contributed by atoms with E-state index in [9.17, 15) is 14.7 Å². The molecule has 5 nitrogen and oxygen atoms in total. The minimum absolute atomic E-state index is 0.0405. The zero-order chi connectivity index (χ0) is 20.1. The fourth-order valence-corrected chi connectivity index (χ4v) is 3.88. The summed E-state index contributed by atoms with van der Waals surface area (Å²) in [5.74, 6) is 0.0545. The number of hydrogen-bond acceptors (Lipinski definition) is 3. The molecule has 0 spiro atoms. The zero-order valence-electron chi connectivity index (χ0n) is 16.0. The first-order chi connectivity index (χ1) is 13.4. The van der Waals surface area contributed by atoms with Crippen LogP contribution < -0.4 is 0 Å². The second-order valence-corrected chi connectivity index (χ2v) is 7.58. The highest BCUT2D eigenvalue weighted by atomic mass is 35.5. The van der Waals surface area contributed by atoms with Crippen molar-refractivity contribution in [2.75, 3.05) is 26.2 Å². The molecule has 0 saturated carbocycles. The van der Waals surface area contributed by atoms with Gasteiger partial charge in [-0.15, -0.1) is 0 Å². The molecule has 1 heterocycles. The Labute approximate surface area is 170 Å². The number of benzene rings is 2. The van der Waals surface area contributed by atoms with Crippen LogP contribution >= 0.6 is 11.6 Å². The minimum Gasteiger partial charge on any atom is -0.508 e. The van der Waals surface area contributed by atoms with E-state index < -0.39 is 0 Å². The van der Waals surface area contributed by atoms with Crippen LogP contribution in [0.2, 0.25) is 5.02 Å². The maximum absolute atomic E-state index is 13.1. The number of nitrogens with zero attached hydrogens (tertiary/aromatic N) is 2. The van der Waals surface area contributed by atoms with Crippen molar-refractivity contribution in [2.45, 2.75) is 25.7 Å². The molecular formula is C22H25ClN2O3. The number of rotatable bonds is 4. The molecule has 0 bridgehead atoms. The average Bonchev–Trinajstić information content (AvgIpc) is 2.92. The first kappa shape index (κ1) is 20.2. The quantitative estimate of drug-likeness (QED) is 0.852. The molecule has 1 N–H and O–H groups in total. The number of amides is 2. The second kappa shape index (κ2) is 9.11. The van der Waals surface area contributed by atoms with Gasteiger partial charge in [0.15, 0.2) is 0 Å². The highest BCUT2D eigenvalue weighted by Gasteiger charge is 2.25. The maximum Gasteiger partial charge on any atom is 0.223 e. The molecule has 0 radical (unpaired) electrons. The predicted octanol–water partition coefficient (Wildman–Crippen LogP) is 3.65. The summed E-state index contributed by atoms with van der Waals surface area (Å²) >= 11 is 6.18. The van der Waals surface area contributed by atoms with Gasteiger partial charge in [-0.05, 0) is 41.8 Å². The molecule has 1 aliphatic heterocycles. The molecule has 1 aliphatic rings. The molecule has 2 aromatic rings. The average molecular weight is 401 g/mol. The van der Waals surface area contributed by atoms with Gasteiger partial charge in [0, 0.05) is 50.5 Å². The van der Waals surface area contributed by atoms with Crippen molar-refractivity contribution in [1.29, 1.82) is 0 Å². The summed E-state index contributed by atoms with van der Waals surface area (Å²) in [5, 5.41) is 10.5. The summed E-state index contributed by atoms with van der Waals surface area (Å²) in [5.41, 5.74) is 1.81. The Balaban J connectivity index is 1.81. The van der Waals surface area contributed by atoms with Crippen LogP contribution in [0.15, 0.2) is 48.5 Å². The SMILES string of the molecule is CC(=O)N1CCCN(C(=O)CC(c2cccc(O)c2)c2cccc(Cl)c2)CC1. The Hall–Kier alpha value is -2.53. The molecule has 6 heteroatoms. The van der Waals surface area contributed by atoms with Crippen molar-refractivity contribution in [3.63, 3.8) is 0 Å². The number of halogens is 1. The van der Waals surface area contributed by atoms with Crippen molar-refractivity contribution in [1.82, 2.24) is 9.80 Å². The molecule has 2 aromatic carbocycles. The van der Waals surface area contributed by atoms with Gasteiger partial charge in [-0.3, -0.25) is 9.59 Å². The van der Waals surface area contributed by atoms with Crippen molar-refractivity contribution < 1.29 is 14.7 Å². The van der Waals surface area contributed by atoms with Crippen molar-refractivity contribution in [3.8, 4) is 5.75 Å². The Morgan fingerprint density at radius 2 is 1.64 bits per heavy atom. The monoisotopic (exact) mass is 400 g/mol. The number of phenolic OH excluding ortho intramolecular Hbond substituents is 1. The molecular weight excluding hydrogens is 376 g/mol. The van der Waals surface area contributed by atoms with Crippen LogP contribution in [0.1, 0.15) is 36.8 Å². The summed E-state index contributed by atoms with van der Waals surface area (Å²) in [4.78, 5) is 28.3. The highest BCUT2D eigenvalue weighted by molar-refractivity contribution is 6.30. The van der Waals surface area contributed by atoms with Crippen LogP contribution in [0.4, 0.5) is 0 Å². The third-order valence-electron chi connectivity index (χ3n) is 5.20. The van der Waals surface area contributed by atoms with Crippen LogP contribution in [0.25, 0.3) is 0 Å². The van der Waals surface area contributed by atoms with Crippen LogP contribution in [0, 0.1) is 0 Å². The first-order valence-corrected chi connectivity index (χ1v) is 9.89. The second-order valence-electron chi connectivity index (χ2n) is 7.15. The molecule has 1 unspecified atom stereocenters. The summed E-state index contributed by atoms with van der Waals surface area (Å²) in [6.45, 7) is 4.00. The largest absolute Gasteiger partial charge is 0.508 e. The zero-order valence-corrected chi connectivity index (χ0v) is 16.7. The molecule has 0 aromatic heterocycles. The topological polar surface area (TPSA) is 60.9 Å². The lowest BCUT2D eigenvalue weighted by molar-refractivity contribution is -0.132. The summed E-state index contributed by atoms with van der Waals surface area (Å²) in [6, 6.07) is 14.5. The van der Waals surface area contributed by atoms with Gasteiger partial charge in [-0.1, -0.05) is 35.9 Å². The Kier molecular flexibility index (Phi) is 6.57. The smallest absolute Gasteiger partial charge is 0.223 e. The van der Waals surface area contributed by atoms with E-state index in [0.29, 0.717) is 31.2 Å². The Morgan fingerprint density at radius 1 is 1.00 bits per heavy atom. The van der Waals surface area contributed by atoms with E-state index in [0.717, 1.165) is 17.5 Å². The molecule has 28 heavy (non-hydrogen) atoms. The fourth-order valence-electron chi connectivity index (χ4n) is 3.68. The third-order valence-corrected chi connectivity index (χ3v) is 5.43. The minimum atomic E-state index is -0.203. The Bertz CT molecular complexity index is 810. The third kappa shape index (κ3) is 5.04. The van der Waals surface area contributed by atoms with Crippen LogP contribution in [-0.4, -0.2) is 52.9 Å². The van der Waals surface area contributed by atoms with Gasteiger partial charge in [0.25, 0.3) is 0 Å². The van der Waals surface area contributed by atoms with Crippen molar-refractivity contribution >= 4 is 23.4 Å². The van der Waals surface area contributed by atoms with E-state index in [2.05, 4.69) is 0 Å². The number of carbonyl (C=O) groups is 2. The van der Waals surface area contributed by atoms with E-state index in [1.54, 1.807) is 36.1 Å². The number of aromatic hydroxyl groups is 1. The number of phenols is 1. The maximum atomic E-state index is 13.1. The van der Waals surface area contributed by atoms with Gasteiger partial charge in [0.1, 0.15) is 5.75 Å². The number of carbonyl (C=O) groups excluding carboxylic acids is 2. The van der Waals surface area contributed by atoms with Crippen LogP contribution in [0.3, 0.4) is 0 Å². The van der Waals surface area contributed by atoms with Crippen molar-refractivity contribution in [3.05, 3.63) is 64.7 Å². The first-order valence-electron chi connectivity index (χ1n) is 9.51. The summed E-state index contributed by atoms with van der Waals surface area (Å²) < 4.78 is 0. The summed E-state index contributed by atoms with van der Waals surface area (Å²) in [7, 11) is 0. The van der Waals surface area contributed by atoms with E-state index in [-0.39, 0.29) is 29.9 Å². The van der Waals surface area contributed by atoms with Gasteiger partial charge in [-0.2, -0.15) is 0 Å². The van der Waals surface area contributed by atoms with Gasteiger partial charge < -0.3 is 14.9 Å². The Morgan fingerprint density at radius 3 is 2.32 bits per heavy atom. The van der Waals surface area contributed by atoms with Crippen LogP contribution in [0.5, 0.6) is 5.75 Å². The highest BCUT2D eigenvalue weighted by Crippen LogP contribution is 2.32. The van der Waals surface area contributed by atoms with Gasteiger partial charge in [-0.25, -0.2) is 0 Å². The molecule has 1 fully saturated rings. The molecule has 0 aliphatic carbocycles. The predicted molar refractivity (Wildman–Crippen MR) is 109 cm³/mol. The van der Waals surface area contributed by atoms with E-state index in [1.165, 1.54) is 0 Å². The molecule has 1 atom stereocenters. The number of hydrogen-bond donors (Lipinski definition) is 1. The lowest BCUT2D eigenvalue weighted by Gasteiger charge is -2.25. The lowest BCUT2D eigenvalue weighted by Crippen LogP contribution is -2.37. The van der Waals surface area contributed by atoms with Gasteiger partial charge in [0.05, 0.1) is 0 Å².